The number of benzene rings is 3. The number of nitrogens with one attached hydrogen (secondary N) is 2. The largest absolute Gasteiger partial charge is 0.463 e. The standard InChI is InChI=1S/C50H63F3N4O13/c1-49(2,3)70-48(60)56-32-35-29-44(50(51,52)53)57-45(30-35)69-37-10-8-9-36(31-37)46(58)55-15-16-61-17-18-62-19-20-63-21-22-64-23-24-65-25-26-66-27-28-67-34-43(54)47(59)68-33-42-40-13-6-4-11-38(40)39-12-5-7-14-41(39)42/h4-14,29-31,42-43H,15-28,32-34,54H2,1-3H3,(H,55,58)(H,56,60). The highest BCUT2D eigenvalue weighted by Gasteiger charge is 2.34. The monoisotopic (exact) mass is 984 g/mol. The van der Waals surface area contributed by atoms with E-state index in [1.54, 1.807) is 20.8 Å². The highest BCUT2D eigenvalue weighted by Crippen LogP contribution is 2.44. The van der Waals surface area contributed by atoms with Crippen LogP contribution < -0.4 is 21.1 Å². The fourth-order valence-electron chi connectivity index (χ4n) is 6.82. The van der Waals surface area contributed by atoms with Crippen molar-refractivity contribution in [3.8, 4) is 22.8 Å². The van der Waals surface area contributed by atoms with Crippen molar-refractivity contribution >= 4 is 18.0 Å². The Morgan fingerprint density at radius 1 is 0.657 bits per heavy atom. The summed E-state index contributed by atoms with van der Waals surface area (Å²) in [6.45, 7) is 9.63. The minimum Gasteiger partial charge on any atom is -0.463 e. The van der Waals surface area contributed by atoms with Crippen molar-refractivity contribution in [3.05, 3.63) is 113 Å². The number of esters is 1. The van der Waals surface area contributed by atoms with Gasteiger partial charge in [0.1, 0.15) is 29.7 Å². The number of hydrogen-bond donors (Lipinski definition) is 3. The lowest BCUT2D eigenvalue weighted by atomic mass is 9.98. The first-order valence-corrected chi connectivity index (χ1v) is 22.9. The molecule has 1 atom stereocenters. The number of amides is 2. The SMILES string of the molecule is CC(C)(C)OC(=O)NCc1cc(Oc2cccc(C(=O)NCCOCCOCCOCCOCCOCCOCCOCC(N)C(=O)OCC3c4ccccc4-c4ccccc43)c2)nc(C(F)(F)F)c1. The van der Waals surface area contributed by atoms with Gasteiger partial charge in [0, 0.05) is 30.6 Å². The number of nitrogens with two attached hydrogens (primary N) is 1. The van der Waals surface area contributed by atoms with Gasteiger partial charge >= 0.3 is 18.2 Å². The van der Waals surface area contributed by atoms with E-state index in [0.29, 0.717) is 72.7 Å². The lowest BCUT2D eigenvalue weighted by molar-refractivity contribution is -0.147. The van der Waals surface area contributed by atoms with E-state index in [9.17, 15) is 27.6 Å². The molecule has 0 aliphatic heterocycles. The van der Waals surface area contributed by atoms with E-state index in [-0.39, 0.29) is 68.2 Å². The molecule has 4 aromatic rings. The smallest absolute Gasteiger partial charge is 0.433 e. The van der Waals surface area contributed by atoms with Crippen LogP contribution in [0.4, 0.5) is 18.0 Å². The van der Waals surface area contributed by atoms with Gasteiger partial charge in [0.2, 0.25) is 5.88 Å². The number of carbonyl (C=O) groups excluding carboxylic acids is 3. The van der Waals surface area contributed by atoms with Crippen molar-refractivity contribution < 1.29 is 74.9 Å². The van der Waals surface area contributed by atoms with Crippen molar-refractivity contribution in [1.29, 1.82) is 0 Å². The van der Waals surface area contributed by atoms with E-state index < -0.39 is 41.5 Å². The van der Waals surface area contributed by atoms with Gasteiger partial charge < -0.3 is 63.7 Å². The molecule has 17 nitrogen and oxygen atoms in total. The number of pyridine rings is 1. The van der Waals surface area contributed by atoms with Crippen LogP contribution in [-0.4, -0.2) is 140 Å². The number of alkyl halides is 3. The molecule has 1 unspecified atom stereocenters. The van der Waals surface area contributed by atoms with E-state index >= 15 is 0 Å². The predicted octanol–water partition coefficient (Wildman–Crippen LogP) is 6.45. The molecule has 382 valence electrons. The molecular weight excluding hydrogens is 922 g/mol. The van der Waals surface area contributed by atoms with Crippen molar-refractivity contribution in [2.75, 3.05) is 106 Å². The summed E-state index contributed by atoms with van der Waals surface area (Å²) in [5, 5.41) is 5.12. The number of rotatable bonds is 31. The summed E-state index contributed by atoms with van der Waals surface area (Å²) in [6, 6.07) is 23.3. The molecule has 1 aromatic heterocycles. The van der Waals surface area contributed by atoms with Gasteiger partial charge in [0.05, 0.1) is 92.5 Å². The Morgan fingerprint density at radius 2 is 1.19 bits per heavy atom. The predicted molar refractivity (Wildman–Crippen MR) is 250 cm³/mol. The zero-order chi connectivity index (χ0) is 50.2. The Morgan fingerprint density at radius 3 is 1.73 bits per heavy atom. The summed E-state index contributed by atoms with van der Waals surface area (Å²) in [7, 11) is 0. The van der Waals surface area contributed by atoms with Crippen LogP contribution in [0.15, 0.2) is 84.9 Å². The highest BCUT2D eigenvalue weighted by atomic mass is 19.4. The molecular formula is C50H63F3N4O13. The second-order valence-corrected chi connectivity index (χ2v) is 16.7. The molecule has 0 spiro atoms. The van der Waals surface area contributed by atoms with Crippen LogP contribution in [0.5, 0.6) is 11.6 Å². The Kier molecular flexibility index (Phi) is 22.7. The number of ether oxygens (including phenoxy) is 10. The fraction of sp³-hybridized carbons (Fsp3) is 0.480. The fourth-order valence-corrected chi connectivity index (χ4v) is 6.82. The number of carbonyl (C=O) groups is 3. The van der Waals surface area contributed by atoms with Crippen LogP contribution in [-0.2, 0) is 60.1 Å². The Bertz CT molecular complexity index is 2200. The number of aromatic nitrogens is 1. The van der Waals surface area contributed by atoms with Gasteiger partial charge in [-0.1, -0.05) is 54.6 Å². The molecule has 3 aromatic carbocycles. The minimum atomic E-state index is -4.78. The molecule has 0 saturated carbocycles. The topological polar surface area (TPSA) is 206 Å². The van der Waals surface area contributed by atoms with E-state index in [2.05, 4.69) is 39.9 Å². The van der Waals surface area contributed by atoms with Crippen molar-refractivity contribution in [2.24, 2.45) is 5.73 Å². The molecule has 20 heteroatoms. The molecule has 0 bridgehead atoms. The van der Waals surface area contributed by atoms with Gasteiger partial charge in [0.25, 0.3) is 5.91 Å². The van der Waals surface area contributed by atoms with Gasteiger partial charge in [-0.25, -0.2) is 9.78 Å². The Hall–Kier alpha value is -5.71. The zero-order valence-corrected chi connectivity index (χ0v) is 39.7. The maximum atomic E-state index is 13.6. The summed E-state index contributed by atoms with van der Waals surface area (Å²) in [6.07, 6.45) is -5.58. The molecule has 2 amide bonds. The third-order valence-electron chi connectivity index (χ3n) is 10.0. The second-order valence-electron chi connectivity index (χ2n) is 16.7. The number of halogens is 3. The zero-order valence-electron chi connectivity index (χ0n) is 39.7. The van der Waals surface area contributed by atoms with Gasteiger partial charge in [-0.05, 0) is 72.9 Å². The first kappa shape index (κ1) is 55.2. The summed E-state index contributed by atoms with van der Waals surface area (Å²) in [5.74, 6) is -1.29. The summed E-state index contributed by atoms with van der Waals surface area (Å²) < 4.78 is 95.7. The maximum absolute atomic E-state index is 13.6. The van der Waals surface area contributed by atoms with Crippen LogP contribution in [0.3, 0.4) is 0 Å². The molecule has 5 rings (SSSR count). The van der Waals surface area contributed by atoms with Crippen LogP contribution in [0.25, 0.3) is 11.1 Å². The van der Waals surface area contributed by atoms with Gasteiger partial charge in [-0.15, -0.1) is 0 Å². The Balaban J connectivity index is 0.792. The summed E-state index contributed by atoms with van der Waals surface area (Å²) in [5.41, 5.74) is 8.88. The average molecular weight is 985 g/mol. The number of nitrogens with zero attached hydrogens (tertiary/aromatic N) is 1. The molecule has 1 aliphatic rings. The maximum Gasteiger partial charge on any atom is 0.433 e. The third-order valence-corrected chi connectivity index (χ3v) is 10.0. The molecule has 4 N–H and O–H groups in total. The van der Waals surface area contributed by atoms with Crippen molar-refractivity contribution in [3.63, 3.8) is 0 Å². The number of alkyl carbamates (subject to hydrolysis) is 1. The normalized spacial score (nSPS) is 12.8. The van der Waals surface area contributed by atoms with Crippen molar-refractivity contribution in [1.82, 2.24) is 15.6 Å². The molecule has 0 radical (unpaired) electrons. The minimum absolute atomic E-state index is 0.0232. The first-order chi connectivity index (χ1) is 33.7. The van der Waals surface area contributed by atoms with Crippen LogP contribution >= 0.6 is 0 Å². The molecule has 70 heavy (non-hydrogen) atoms. The second kappa shape index (κ2) is 28.8. The molecule has 0 saturated heterocycles. The summed E-state index contributed by atoms with van der Waals surface area (Å²) in [4.78, 5) is 40.9. The van der Waals surface area contributed by atoms with Crippen LogP contribution in [0.1, 0.15) is 59.4 Å². The lowest BCUT2D eigenvalue weighted by Crippen LogP contribution is -2.37. The Labute approximate surface area is 405 Å². The van der Waals surface area contributed by atoms with Crippen LogP contribution in [0, 0.1) is 0 Å². The first-order valence-electron chi connectivity index (χ1n) is 22.9. The van der Waals surface area contributed by atoms with Crippen LogP contribution in [0.2, 0.25) is 0 Å². The van der Waals surface area contributed by atoms with Gasteiger partial charge in [0.15, 0.2) is 0 Å². The highest BCUT2D eigenvalue weighted by molar-refractivity contribution is 5.94. The molecule has 1 heterocycles. The van der Waals surface area contributed by atoms with E-state index in [4.69, 9.17) is 53.1 Å². The van der Waals surface area contributed by atoms with E-state index in [1.165, 1.54) is 30.3 Å². The van der Waals surface area contributed by atoms with Crippen molar-refractivity contribution in [2.45, 2.75) is 51.1 Å². The van der Waals surface area contributed by atoms with Gasteiger partial charge in [-0.3, -0.25) is 9.59 Å². The molecule has 0 fully saturated rings. The van der Waals surface area contributed by atoms with E-state index in [0.717, 1.165) is 28.3 Å². The number of fused-ring (bicyclic) bond motifs is 3. The lowest BCUT2D eigenvalue weighted by Gasteiger charge is -2.20. The quantitative estimate of drug-likeness (QED) is 0.0366. The summed E-state index contributed by atoms with van der Waals surface area (Å²) >= 11 is 0. The number of hydrogen-bond acceptors (Lipinski definition) is 15. The van der Waals surface area contributed by atoms with E-state index in [1.807, 2.05) is 24.3 Å². The third kappa shape index (κ3) is 19.6. The molecule has 1 aliphatic carbocycles. The van der Waals surface area contributed by atoms with Gasteiger partial charge in [-0.2, -0.15) is 13.2 Å². The average Bonchev–Trinajstić information content (AvgIpc) is 3.65.